The Bertz CT molecular complexity index is 1030. The summed E-state index contributed by atoms with van der Waals surface area (Å²) in [5.74, 6) is -0.220. The molecule has 6 heteroatoms. The van der Waals surface area contributed by atoms with Crippen molar-refractivity contribution < 1.29 is 4.79 Å². The summed E-state index contributed by atoms with van der Waals surface area (Å²) in [5, 5.41) is 4.88. The van der Waals surface area contributed by atoms with Crippen molar-refractivity contribution in [1.82, 2.24) is 5.43 Å². The Labute approximate surface area is 185 Å². The maximum Gasteiger partial charge on any atom is 0.271 e. The van der Waals surface area contributed by atoms with Crippen LogP contribution < -0.4 is 10.3 Å². The number of hydrogen-bond donors (Lipinski definition) is 1. The third-order valence-electron chi connectivity index (χ3n) is 4.93. The summed E-state index contributed by atoms with van der Waals surface area (Å²) in [6.45, 7) is 2.17. The van der Waals surface area contributed by atoms with Gasteiger partial charge in [0.2, 0.25) is 0 Å². The summed E-state index contributed by atoms with van der Waals surface area (Å²) in [6, 6.07) is 23.3. The Morgan fingerprint density at radius 2 is 1.67 bits per heavy atom. The number of amides is 1. The van der Waals surface area contributed by atoms with Crippen LogP contribution in [0.25, 0.3) is 0 Å². The SMILES string of the molecule is O=C(N/N=C/c1ccccc1Sc1ccc(Cl)cc1)c1ccc(N2CCCC2)cc1. The molecule has 1 aliphatic rings. The fourth-order valence-corrected chi connectivity index (χ4v) is 4.37. The molecule has 30 heavy (non-hydrogen) atoms. The largest absolute Gasteiger partial charge is 0.372 e. The number of hydrazone groups is 1. The third kappa shape index (κ3) is 5.23. The molecule has 152 valence electrons. The van der Waals surface area contributed by atoms with Crippen LogP contribution in [-0.4, -0.2) is 25.2 Å². The van der Waals surface area contributed by atoms with Crippen LogP contribution in [0.2, 0.25) is 5.02 Å². The predicted molar refractivity (Wildman–Crippen MR) is 125 cm³/mol. The van der Waals surface area contributed by atoms with Crippen molar-refractivity contribution in [2.45, 2.75) is 22.6 Å². The molecule has 0 bridgehead atoms. The molecule has 3 aromatic carbocycles. The minimum absolute atomic E-state index is 0.220. The first kappa shape index (κ1) is 20.5. The van der Waals surface area contributed by atoms with E-state index in [1.165, 1.54) is 18.5 Å². The van der Waals surface area contributed by atoms with Crippen LogP contribution >= 0.6 is 23.4 Å². The zero-order chi connectivity index (χ0) is 20.8. The summed E-state index contributed by atoms with van der Waals surface area (Å²) in [4.78, 5) is 16.9. The number of nitrogens with one attached hydrogen (secondary N) is 1. The van der Waals surface area contributed by atoms with Crippen LogP contribution in [0.3, 0.4) is 0 Å². The second-order valence-corrected chi connectivity index (χ2v) is 8.59. The number of carbonyl (C=O) groups is 1. The third-order valence-corrected chi connectivity index (χ3v) is 6.28. The van der Waals surface area contributed by atoms with E-state index < -0.39 is 0 Å². The highest BCUT2D eigenvalue weighted by molar-refractivity contribution is 7.99. The van der Waals surface area contributed by atoms with Crippen molar-refractivity contribution in [2.75, 3.05) is 18.0 Å². The summed E-state index contributed by atoms with van der Waals surface area (Å²) in [5.41, 5.74) is 5.32. The topological polar surface area (TPSA) is 44.7 Å². The Balaban J connectivity index is 1.39. The lowest BCUT2D eigenvalue weighted by molar-refractivity contribution is 0.0955. The molecule has 1 fully saturated rings. The molecule has 0 radical (unpaired) electrons. The first-order chi connectivity index (χ1) is 14.7. The standard InChI is InChI=1S/C24H22ClN3OS/c25-20-9-13-22(14-10-20)30-23-6-2-1-5-19(23)17-26-27-24(29)18-7-11-21(12-8-18)28-15-3-4-16-28/h1-2,5-14,17H,3-4,15-16H2,(H,27,29)/b26-17+. The molecule has 0 aromatic heterocycles. The van der Waals surface area contributed by atoms with Gasteiger partial charge in [0, 0.05) is 44.7 Å². The highest BCUT2D eigenvalue weighted by Crippen LogP contribution is 2.30. The Morgan fingerprint density at radius 1 is 0.967 bits per heavy atom. The maximum absolute atomic E-state index is 12.4. The molecule has 4 nitrogen and oxygen atoms in total. The van der Waals surface area contributed by atoms with Gasteiger partial charge in [0.1, 0.15) is 0 Å². The molecule has 1 N–H and O–H groups in total. The minimum Gasteiger partial charge on any atom is -0.372 e. The van der Waals surface area contributed by atoms with E-state index in [0.29, 0.717) is 10.6 Å². The molecule has 0 saturated carbocycles. The molecule has 1 heterocycles. The number of hydrogen-bond acceptors (Lipinski definition) is 4. The number of nitrogens with zero attached hydrogens (tertiary/aromatic N) is 2. The lowest BCUT2D eigenvalue weighted by atomic mass is 10.2. The van der Waals surface area contributed by atoms with Gasteiger partial charge in [-0.25, -0.2) is 5.43 Å². The van der Waals surface area contributed by atoms with Crippen molar-refractivity contribution in [1.29, 1.82) is 0 Å². The van der Waals surface area contributed by atoms with Crippen LogP contribution in [0.4, 0.5) is 5.69 Å². The van der Waals surface area contributed by atoms with Crippen LogP contribution in [0.15, 0.2) is 87.7 Å². The average molecular weight is 436 g/mol. The molecule has 1 amide bonds. The van der Waals surface area contributed by atoms with Crippen LogP contribution in [0.1, 0.15) is 28.8 Å². The van der Waals surface area contributed by atoms with E-state index in [0.717, 1.165) is 28.4 Å². The summed E-state index contributed by atoms with van der Waals surface area (Å²) >= 11 is 7.59. The van der Waals surface area contributed by atoms with Crippen LogP contribution in [0, 0.1) is 0 Å². The molecule has 3 aromatic rings. The summed E-state index contributed by atoms with van der Waals surface area (Å²) in [6.07, 6.45) is 4.14. The van der Waals surface area contributed by atoms with Gasteiger partial charge in [-0.1, -0.05) is 41.6 Å². The second-order valence-electron chi connectivity index (χ2n) is 7.03. The predicted octanol–water partition coefficient (Wildman–Crippen LogP) is 5.86. The zero-order valence-corrected chi connectivity index (χ0v) is 18.0. The molecule has 0 aliphatic carbocycles. The Morgan fingerprint density at radius 3 is 2.40 bits per heavy atom. The highest BCUT2D eigenvalue weighted by atomic mass is 35.5. The summed E-state index contributed by atoms with van der Waals surface area (Å²) < 4.78 is 0. The molecular formula is C24H22ClN3OS. The lowest BCUT2D eigenvalue weighted by Gasteiger charge is -2.17. The molecule has 4 rings (SSSR count). The summed E-state index contributed by atoms with van der Waals surface area (Å²) in [7, 11) is 0. The fraction of sp³-hybridized carbons (Fsp3) is 0.167. The van der Waals surface area contributed by atoms with E-state index in [9.17, 15) is 4.79 Å². The molecule has 0 unspecified atom stereocenters. The molecule has 1 aliphatic heterocycles. The van der Waals surface area contributed by atoms with Crippen molar-refractivity contribution >= 4 is 41.2 Å². The van der Waals surface area contributed by atoms with E-state index in [4.69, 9.17) is 11.6 Å². The van der Waals surface area contributed by atoms with E-state index in [1.807, 2.05) is 72.8 Å². The highest BCUT2D eigenvalue weighted by Gasteiger charge is 2.13. The van der Waals surface area contributed by atoms with Gasteiger partial charge < -0.3 is 4.90 Å². The van der Waals surface area contributed by atoms with Crippen molar-refractivity contribution in [3.63, 3.8) is 0 Å². The van der Waals surface area contributed by atoms with E-state index in [2.05, 4.69) is 15.4 Å². The number of carbonyl (C=O) groups excluding carboxylic acids is 1. The second kappa shape index (κ2) is 9.83. The van der Waals surface area contributed by atoms with Gasteiger partial charge in [-0.3, -0.25) is 4.79 Å². The minimum atomic E-state index is -0.220. The Hall–Kier alpha value is -2.76. The molecule has 0 atom stereocenters. The van der Waals surface area contributed by atoms with Crippen molar-refractivity contribution in [3.8, 4) is 0 Å². The number of anilines is 1. The number of halogens is 1. The first-order valence-corrected chi connectivity index (χ1v) is 11.1. The van der Waals surface area contributed by atoms with Gasteiger partial charge in [-0.05, 0) is 67.4 Å². The van der Waals surface area contributed by atoms with E-state index >= 15 is 0 Å². The van der Waals surface area contributed by atoms with Crippen molar-refractivity contribution in [3.05, 3.63) is 88.9 Å². The van der Waals surface area contributed by atoms with Gasteiger partial charge in [-0.15, -0.1) is 0 Å². The van der Waals surface area contributed by atoms with Crippen molar-refractivity contribution in [2.24, 2.45) is 5.10 Å². The van der Waals surface area contributed by atoms with Gasteiger partial charge in [0.05, 0.1) is 6.21 Å². The number of benzene rings is 3. The maximum atomic E-state index is 12.4. The molecule has 0 spiro atoms. The smallest absolute Gasteiger partial charge is 0.271 e. The van der Waals surface area contributed by atoms with Gasteiger partial charge in [-0.2, -0.15) is 5.10 Å². The van der Waals surface area contributed by atoms with Gasteiger partial charge in [0.25, 0.3) is 5.91 Å². The quantitative estimate of drug-likeness (QED) is 0.390. The monoisotopic (exact) mass is 435 g/mol. The molecule has 1 saturated heterocycles. The zero-order valence-electron chi connectivity index (χ0n) is 16.4. The lowest BCUT2D eigenvalue weighted by Crippen LogP contribution is -2.19. The first-order valence-electron chi connectivity index (χ1n) is 9.90. The van der Waals surface area contributed by atoms with Gasteiger partial charge in [0.15, 0.2) is 0 Å². The average Bonchev–Trinajstić information content (AvgIpc) is 3.31. The van der Waals surface area contributed by atoms with Crippen LogP contribution in [0.5, 0.6) is 0 Å². The molecular weight excluding hydrogens is 414 g/mol. The van der Waals surface area contributed by atoms with Crippen LogP contribution in [-0.2, 0) is 0 Å². The normalized spacial score (nSPS) is 13.7. The van der Waals surface area contributed by atoms with E-state index in [-0.39, 0.29) is 5.91 Å². The fourth-order valence-electron chi connectivity index (χ4n) is 3.33. The van der Waals surface area contributed by atoms with Gasteiger partial charge >= 0.3 is 0 Å². The Kier molecular flexibility index (Phi) is 6.72. The number of rotatable bonds is 6. The van der Waals surface area contributed by atoms with E-state index in [1.54, 1.807) is 18.0 Å².